The first-order chi connectivity index (χ1) is 10.2. The first kappa shape index (κ1) is 15.4. The number of benzene rings is 2. The summed E-state index contributed by atoms with van der Waals surface area (Å²) in [6, 6.07) is 10.5. The maximum absolute atomic E-state index is 13.9. The number of halogens is 2. The van der Waals surface area contributed by atoms with Crippen molar-refractivity contribution in [3.8, 4) is 5.75 Å². The van der Waals surface area contributed by atoms with E-state index in [4.69, 9.17) is 10.6 Å². The topological polar surface area (TPSA) is 47.3 Å². The number of ether oxygens (including phenoxy) is 1. The lowest BCUT2D eigenvalue weighted by Gasteiger charge is -2.18. The lowest BCUT2D eigenvalue weighted by atomic mass is 9.98. The average molecular weight is 292 g/mol. The van der Waals surface area contributed by atoms with Crippen LogP contribution in [0.5, 0.6) is 5.75 Å². The number of nitrogens with one attached hydrogen (secondary N) is 1. The molecule has 21 heavy (non-hydrogen) atoms. The average Bonchev–Trinajstić information content (AvgIpc) is 2.51. The minimum atomic E-state index is -0.897. The maximum Gasteiger partial charge on any atom is 0.163 e. The zero-order valence-corrected chi connectivity index (χ0v) is 11.8. The van der Waals surface area contributed by atoms with Gasteiger partial charge in [0.1, 0.15) is 5.75 Å². The molecule has 0 aliphatic carbocycles. The minimum absolute atomic E-state index is 0.166. The van der Waals surface area contributed by atoms with Crippen LogP contribution >= 0.6 is 0 Å². The van der Waals surface area contributed by atoms with Gasteiger partial charge in [-0.1, -0.05) is 31.2 Å². The smallest absolute Gasteiger partial charge is 0.163 e. The molecule has 0 amide bonds. The number of hydrazine groups is 1. The van der Waals surface area contributed by atoms with E-state index in [0.717, 1.165) is 23.8 Å². The molecular formula is C16H18F2N2O. The van der Waals surface area contributed by atoms with Crippen molar-refractivity contribution in [2.24, 2.45) is 5.84 Å². The number of nitrogens with two attached hydrogens (primary N) is 1. The summed E-state index contributed by atoms with van der Waals surface area (Å²) in [6.45, 7) is 2.66. The van der Waals surface area contributed by atoms with Crippen LogP contribution in [0.2, 0.25) is 0 Å². The third-order valence-electron chi connectivity index (χ3n) is 3.15. The highest BCUT2D eigenvalue weighted by Gasteiger charge is 2.18. The molecule has 0 saturated carbocycles. The fourth-order valence-corrected chi connectivity index (χ4v) is 2.09. The van der Waals surface area contributed by atoms with E-state index < -0.39 is 17.7 Å². The SMILES string of the molecule is CCCOc1ccc(C(NN)c2cccc(F)c2F)cc1. The third kappa shape index (κ3) is 3.56. The molecular weight excluding hydrogens is 274 g/mol. The van der Waals surface area contributed by atoms with E-state index in [1.165, 1.54) is 12.1 Å². The Labute approximate surface area is 122 Å². The van der Waals surface area contributed by atoms with Gasteiger partial charge in [-0.15, -0.1) is 0 Å². The fraction of sp³-hybridized carbons (Fsp3) is 0.250. The minimum Gasteiger partial charge on any atom is -0.494 e. The summed E-state index contributed by atoms with van der Waals surface area (Å²) in [4.78, 5) is 0. The molecule has 0 heterocycles. The molecule has 0 aliphatic rings. The van der Waals surface area contributed by atoms with Crippen molar-refractivity contribution in [2.45, 2.75) is 19.4 Å². The highest BCUT2D eigenvalue weighted by molar-refractivity contribution is 5.36. The van der Waals surface area contributed by atoms with Crippen LogP contribution in [0.1, 0.15) is 30.5 Å². The molecule has 0 radical (unpaired) electrons. The summed E-state index contributed by atoms with van der Waals surface area (Å²) < 4.78 is 32.7. The van der Waals surface area contributed by atoms with Gasteiger partial charge in [0.15, 0.2) is 11.6 Å². The Morgan fingerprint density at radius 2 is 1.86 bits per heavy atom. The van der Waals surface area contributed by atoms with Crippen LogP contribution in [-0.2, 0) is 0 Å². The summed E-state index contributed by atoms with van der Waals surface area (Å²) in [5, 5.41) is 0. The number of hydrogen-bond acceptors (Lipinski definition) is 3. The molecule has 0 bridgehead atoms. The molecule has 0 fully saturated rings. The molecule has 0 saturated heterocycles. The van der Waals surface area contributed by atoms with Crippen molar-refractivity contribution in [1.82, 2.24) is 5.43 Å². The van der Waals surface area contributed by atoms with E-state index in [1.54, 1.807) is 24.3 Å². The molecule has 112 valence electrons. The largest absolute Gasteiger partial charge is 0.494 e. The zero-order valence-electron chi connectivity index (χ0n) is 11.8. The second-order valence-electron chi connectivity index (χ2n) is 4.66. The highest BCUT2D eigenvalue weighted by Crippen LogP contribution is 2.26. The van der Waals surface area contributed by atoms with Crippen LogP contribution in [0, 0.1) is 11.6 Å². The molecule has 0 aliphatic heterocycles. The van der Waals surface area contributed by atoms with Crippen molar-refractivity contribution in [1.29, 1.82) is 0 Å². The van der Waals surface area contributed by atoms with Gasteiger partial charge in [-0.3, -0.25) is 5.84 Å². The van der Waals surface area contributed by atoms with Crippen molar-refractivity contribution in [3.63, 3.8) is 0 Å². The molecule has 3 N–H and O–H groups in total. The van der Waals surface area contributed by atoms with Crippen LogP contribution in [0.15, 0.2) is 42.5 Å². The molecule has 0 aromatic heterocycles. The lowest BCUT2D eigenvalue weighted by Crippen LogP contribution is -2.29. The standard InChI is InChI=1S/C16H18F2N2O/c1-2-10-21-12-8-6-11(7-9-12)16(20-19)13-4-3-5-14(17)15(13)18/h3-9,16,20H,2,10,19H2,1H3. The molecule has 2 aromatic carbocycles. The van der Waals surface area contributed by atoms with Crippen molar-refractivity contribution >= 4 is 0 Å². The van der Waals surface area contributed by atoms with Crippen molar-refractivity contribution in [2.75, 3.05) is 6.61 Å². The normalized spacial score (nSPS) is 12.2. The second-order valence-corrected chi connectivity index (χ2v) is 4.66. The molecule has 0 spiro atoms. The summed E-state index contributed by atoms with van der Waals surface area (Å²) >= 11 is 0. The summed E-state index contributed by atoms with van der Waals surface area (Å²) in [7, 11) is 0. The van der Waals surface area contributed by atoms with Crippen molar-refractivity contribution in [3.05, 3.63) is 65.2 Å². The number of rotatable bonds is 6. The first-order valence-electron chi connectivity index (χ1n) is 6.80. The molecule has 2 aromatic rings. The van der Waals surface area contributed by atoms with Gasteiger partial charge in [-0.05, 0) is 30.2 Å². The molecule has 1 atom stereocenters. The molecule has 3 nitrogen and oxygen atoms in total. The van der Waals surface area contributed by atoms with Gasteiger partial charge >= 0.3 is 0 Å². The van der Waals surface area contributed by atoms with Gasteiger partial charge < -0.3 is 4.74 Å². The summed E-state index contributed by atoms with van der Waals surface area (Å²) in [5.74, 6) is 4.45. The molecule has 1 unspecified atom stereocenters. The van der Waals surface area contributed by atoms with Gasteiger partial charge in [0, 0.05) is 5.56 Å². The van der Waals surface area contributed by atoms with E-state index in [2.05, 4.69) is 5.43 Å². The van der Waals surface area contributed by atoms with Gasteiger partial charge in [0.25, 0.3) is 0 Å². The van der Waals surface area contributed by atoms with Gasteiger partial charge in [-0.25, -0.2) is 14.2 Å². The van der Waals surface area contributed by atoms with Crippen LogP contribution in [0.25, 0.3) is 0 Å². The molecule has 5 heteroatoms. The summed E-state index contributed by atoms with van der Waals surface area (Å²) in [6.07, 6.45) is 0.920. The second kappa shape index (κ2) is 7.15. The quantitative estimate of drug-likeness (QED) is 0.634. The van der Waals surface area contributed by atoms with Gasteiger partial charge in [-0.2, -0.15) is 0 Å². The lowest BCUT2D eigenvalue weighted by molar-refractivity contribution is 0.317. The first-order valence-corrected chi connectivity index (χ1v) is 6.80. The van der Waals surface area contributed by atoms with Crippen LogP contribution in [-0.4, -0.2) is 6.61 Å². The number of hydrogen-bond donors (Lipinski definition) is 2. The van der Waals surface area contributed by atoms with Crippen molar-refractivity contribution < 1.29 is 13.5 Å². The van der Waals surface area contributed by atoms with Crippen LogP contribution in [0.3, 0.4) is 0 Å². The van der Waals surface area contributed by atoms with E-state index in [1.807, 2.05) is 6.92 Å². The fourth-order valence-electron chi connectivity index (χ4n) is 2.09. The maximum atomic E-state index is 13.9. The Morgan fingerprint density at radius 1 is 1.14 bits per heavy atom. The molecule has 2 rings (SSSR count). The monoisotopic (exact) mass is 292 g/mol. The van der Waals surface area contributed by atoms with E-state index in [9.17, 15) is 8.78 Å². The zero-order chi connectivity index (χ0) is 15.2. The van der Waals surface area contributed by atoms with E-state index in [0.29, 0.717) is 6.61 Å². The van der Waals surface area contributed by atoms with E-state index >= 15 is 0 Å². The van der Waals surface area contributed by atoms with Crippen LogP contribution < -0.4 is 16.0 Å². The van der Waals surface area contributed by atoms with Gasteiger partial charge in [0.2, 0.25) is 0 Å². The Hall–Kier alpha value is -1.98. The Balaban J connectivity index is 2.27. The summed E-state index contributed by atoms with van der Waals surface area (Å²) in [5.41, 5.74) is 3.41. The Kier molecular flexibility index (Phi) is 5.25. The van der Waals surface area contributed by atoms with Crippen LogP contribution in [0.4, 0.5) is 8.78 Å². The third-order valence-corrected chi connectivity index (χ3v) is 3.15. The van der Waals surface area contributed by atoms with E-state index in [-0.39, 0.29) is 5.56 Å². The predicted octanol–water partition coefficient (Wildman–Crippen LogP) is 3.31. The highest BCUT2D eigenvalue weighted by atomic mass is 19.2. The Morgan fingerprint density at radius 3 is 2.48 bits per heavy atom. The predicted molar refractivity (Wildman–Crippen MR) is 77.8 cm³/mol. The van der Waals surface area contributed by atoms with Gasteiger partial charge in [0.05, 0.1) is 12.6 Å². The Bertz CT molecular complexity index is 587.